The van der Waals surface area contributed by atoms with Crippen LogP contribution in [-0.2, 0) is 16.2 Å². The fraction of sp³-hybridized carbons (Fsp3) is 0.667. The van der Waals surface area contributed by atoms with Crippen molar-refractivity contribution in [2.24, 2.45) is 29.1 Å². The molecule has 3 saturated carbocycles. The number of benzene rings is 2. The number of aliphatic hydroxyl groups excluding tert-OH is 2. The molecule has 2 aromatic carbocycles. The van der Waals surface area contributed by atoms with E-state index in [1.807, 2.05) is 76.4 Å². The van der Waals surface area contributed by atoms with Crippen LogP contribution in [0.2, 0.25) is 0 Å². The lowest BCUT2D eigenvalue weighted by Gasteiger charge is -2.62. The highest BCUT2D eigenvalue weighted by Gasteiger charge is 2.57. The lowest BCUT2D eigenvalue weighted by molar-refractivity contribution is -0.183. The van der Waals surface area contributed by atoms with Gasteiger partial charge in [-0.25, -0.2) is 0 Å². The third-order valence-electron chi connectivity index (χ3n) is 12.3. The molecule has 2 amide bonds. The standard InChI is InChI=1S/C42H65N5O6/c1-11-14-31(23-45(7)8)43-40(50)29-17-28(18-32(19-29)46(9)10)33-16-13-15-27(39(33)52-12-2)22-47-38(37(26(4)49)36(24-48)53-47)41(51)44-35-21-30-20-34(25(35)3)42(30,5)6/h13,15-19,25-26,30-31,34-38,48-49H,11-12,14,20-24H2,1-10H3,(H,43,50)(H,44,51)/t25-,26-,30+,31+,34-,35-,36-,37+,38-/m0/s1. The Morgan fingerprint density at radius 3 is 2.43 bits per heavy atom. The van der Waals surface area contributed by atoms with E-state index in [9.17, 15) is 19.8 Å². The van der Waals surface area contributed by atoms with Crippen molar-refractivity contribution in [1.29, 1.82) is 0 Å². The molecule has 3 aliphatic carbocycles. The van der Waals surface area contributed by atoms with Gasteiger partial charge in [-0.1, -0.05) is 52.3 Å². The number of likely N-dealkylation sites (N-methyl/N-ethyl adjacent to an activating group) is 1. The maximum absolute atomic E-state index is 14.3. The van der Waals surface area contributed by atoms with Gasteiger partial charge >= 0.3 is 0 Å². The molecule has 2 aromatic rings. The summed E-state index contributed by atoms with van der Waals surface area (Å²) in [5.74, 6) is 1.15. The predicted octanol–water partition coefficient (Wildman–Crippen LogP) is 4.94. The second kappa shape index (κ2) is 17.1. The van der Waals surface area contributed by atoms with Crippen molar-refractivity contribution in [2.75, 3.05) is 52.8 Å². The average molecular weight is 736 g/mol. The molecule has 0 spiro atoms. The topological polar surface area (TPSA) is 127 Å². The minimum atomic E-state index is -0.894. The summed E-state index contributed by atoms with van der Waals surface area (Å²) in [4.78, 5) is 38.4. The number of fused-ring (bicyclic) bond motifs is 2. The van der Waals surface area contributed by atoms with Crippen LogP contribution in [0.1, 0.15) is 83.1 Å². The second-order valence-corrected chi connectivity index (χ2v) is 16.8. The van der Waals surface area contributed by atoms with Gasteiger partial charge in [-0.15, -0.1) is 0 Å². The average Bonchev–Trinajstić information content (AvgIpc) is 3.48. The van der Waals surface area contributed by atoms with Crippen molar-refractivity contribution in [3.05, 3.63) is 47.5 Å². The normalized spacial score (nSPS) is 27.5. The number of rotatable bonds is 16. The molecule has 1 aliphatic heterocycles. The number of carbonyl (C=O) groups is 2. The van der Waals surface area contributed by atoms with Crippen LogP contribution < -0.4 is 20.3 Å². The third kappa shape index (κ3) is 8.70. The van der Waals surface area contributed by atoms with Gasteiger partial charge in [0.05, 0.1) is 25.9 Å². The Hall–Kier alpha value is -3.22. The van der Waals surface area contributed by atoms with Crippen LogP contribution >= 0.6 is 0 Å². The fourth-order valence-electron chi connectivity index (χ4n) is 9.33. The Bertz CT molecular complexity index is 1580. The van der Waals surface area contributed by atoms with Crippen molar-refractivity contribution in [1.82, 2.24) is 20.6 Å². The molecule has 11 nitrogen and oxygen atoms in total. The Kier molecular flexibility index (Phi) is 13.2. The van der Waals surface area contributed by atoms with E-state index in [-0.39, 0.29) is 42.5 Å². The molecule has 0 radical (unpaired) electrons. The van der Waals surface area contributed by atoms with Gasteiger partial charge < -0.3 is 35.4 Å². The summed E-state index contributed by atoms with van der Waals surface area (Å²) in [5, 5.41) is 29.6. The third-order valence-corrected chi connectivity index (χ3v) is 12.3. The van der Waals surface area contributed by atoms with Gasteiger partial charge in [-0.3, -0.25) is 14.4 Å². The van der Waals surface area contributed by atoms with Gasteiger partial charge in [-0.2, -0.15) is 5.06 Å². The zero-order chi connectivity index (χ0) is 38.8. The minimum Gasteiger partial charge on any atom is -0.493 e. The quantitative estimate of drug-likeness (QED) is 0.190. The highest BCUT2D eigenvalue weighted by Crippen LogP contribution is 2.61. The molecular formula is C42H65N5O6. The Labute approximate surface area is 317 Å². The van der Waals surface area contributed by atoms with Crippen LogP contribution in [0.3, 0.4) is 0 Å². The first-order valence-corrected chi connectivity index (χ1v) is 19.7. The first-order valence-electron chi connectivity index (χ1n) is 19.7. The monoisotopic (exact) mass is 735 g/mol. The molecule has 11 heteroatoms. The van der Waals surface area contributed by atoms with Gasteiger partial charge in [0.25, 0.3) is 5.91 Å². The molecule has 0 unspecified atom stereocenters. The number of nitrogens with zero attached hydrogens (tertiary/aromatic N) is 3. The molecule has 4 aliphatic rings. The highest BCUT2D eigenvalue weighted by atomic mass is 16.7. The summed E-state index contributed by atoms with van der Waals surface area (Å²) in [6.07, 6.45) is 2.34. The van der Waals surface area contributed by atoms with E-state index in [1.54, 1.807) is 12.0 Å². The number of hydroxylamine groups is 2. The fourth-order valence-corrected chi connectivity index (χ4v) is 9.33. The number of amides is 2. The number of hydrogen-bond acceptors (Lipinski definition) is 9. The molecule has 1 heterocycles. The SMILES string of the molecule is CCC[C@H](CN(C)C)NC(=O)c1cc(-c2cccc(CN3O[C@@H](CO)[C@@H]([C@H](C)O)[C@H]3C(=O)N[C@H]3C[C@H]4C[C@@H]([C@@H]3C)C4(C)C)c2OCC)cc(N(C)C)c1. The number of hydrogen-bond donors (Lipinski definition) is 4. The van der Waals surface area contributed by atoms with E-state index in [4.69, 9.17) is 9.57 Å². The van der Waals surface area contributed by atoms with Crippen LogP contribution in [0, 0.1) is 29.1 Å². The second-order valence-electron chi connectivity index (χ2n) is 16.8. The van der Waals surface area contributed by atoms with E-state index in [2.05, 4.69) is 43.2 Å². The molecule has 53 heavy (non-hydrogen) atoms. The van der Waals surface area contributed by atoms with Crippen molar-refractivity contribution in [3.63, 3.8) is 0 Å². The molecule has 2 bridgehead atoms. The minimum absolute atomic E-state index is 0.0222. The van der Waals surface area contributed by atoms with Crippen molar-refractivity contribution in [3.8, 4) is 16.9 Å². The zero-order valence-corrected chi connectivity index (χ0v) is 33.7. The summed E-state index contributed by atoms with van der Waals surface area (Å²) in [6.45, 7) is 13.6. The van der Waals surface area contributed by atoms with Crippen molar-refractivity contribution >= 4 is 17.5 Å². The number of nitrogens with one attached hydrogen (secondary N) is 2. The number of carbonyl (C=O) groups excluding carboxylic acids is 2. The smallest absolute Gasteiger partial charge is 0.251 e. The largest absolute Gasteiger partial charge is 0.493 e. The number of para-hydroxylation sites is 1. The Morgan fingerprint density at radius 1 is 1.11 bits per heavy atom. The van der Waals surface area contributed by atoms with Gasteiger partial charge in [0.2, 0.25) is 5.91 Å². The van der Waals surface area contributed by atoms with Crippen molar-refractivity contribution < 1.29 is 29.4 Å². The first kappa shape index (κ1) is 41.0. The predicted molar refractivity (Wildman–Crippen MR) is 210 cm³/mol. The highest BCUT2D eigenvalue weighted by molar-refractivity contribution is 5.97. The van der Waals surface area contributed by atoms with E-state index in [1.165, 1.54) is 6.42 Å². The molecule has 0 aromatic heterocycles. The Balaban J connectivity index is 1.47. The molecule has 4 fully saturated rings. The van der Waals surface area contributed by atoms with Gasteiger partial charge in [-0.05, 0) is 94.1 Å². The van der Waals surface area contributed by atoms with Crippen LogP contribution in [0.5, 0.6) is 5.75 Å². The molecule has 1 saturated heterocycles. The van der Waals surface area contributed by atoms with E-state index in [0.717, 1.165) is 48.2 Å². The zero-order valence-electron chi connectivity index (χ0n) is 33.7. The number of anilines is 1. The lowest BCUT2D eigenvalue weighted by atomic mass is 9.45. The van der Waals surface area contributed by atoms with Gasteiger partial charge in [0, 0.05) is 61.0 Å². The number of aliphatic hydroxyl groups is 2. The maximum Gasteiger partial charge on any atom is 0.251 e. The molecule has 6 rings (SSSR count). The summed E-state index contributed by atoms with van der Waals surface area (Å²) >= 11 is 0. The molecule has 9 atom stereocenters. The van der Waals surface area contributed by atoms with Crippen LogP contribution in [0.4, 0.5) is 5.69 Å². The summed E-state index contributed by atoms with van der Waals surface area (Å²) in [7, 11) is 7.93. The molecule has 4 N–H and O–H groups in total. The Morgan fingerprint density at radius 2 is 1.85 bits per heavy atom. The maximum atomic E-state index is 14.3. The van der Waals surface area contributed by atoms with Crippen LogP contribution in [-0.4, -0.2) is 110 Å². The van der Waals surface area contributed by atoms with E-state index < -0.39 is 24.2 Å². The van der Waals surface area contributed by atoms with E-state index in [0.29, 0.717) is 35.7 Å². The summed E-state index contributed by atoms with van der Waals surface area (Å²) < 4.78 is 6.37. The van der Waals surface area contributed by atoms with Crippen LogP contribution in [0.25, 0.3) is 11.1 Å². The summed E-state index contributed by atoms with van der Waals surface area (Å²) in [6, 6.07) is 11.0. The van der Waals surface area contributed by atoms with E-state index >= 15 is 0 Å². The lowest BCUT2D eigenvalue weighted by Crippen LogP contribution is -2.62. The number of ether oxygens (including phenoxy) is 1. The summed E-state index contributed by atoms with van der Waals surface area (Å²) in [5.41, 5.74) is 4.14. The molecule has 294 valence electrons. The van der Waals surface area contributed by atoms with Crippen molar-refractivity contribution in [2.45, 2.75) is 104 Å². The molecular weight excluding hydrogens is 670 g/mol. The first-order chi connectivity index (χ1) is 25.1. The van der Waals surface area contributed by atoms with Gasteiger partial charge in [0.1, 0.15) is 17.9 Å². The van der Waals surface area contributed by atoms with Gasteiger partial charge in [0.15, 0.2) is 0 Å². The van der Waals surface area contributed by atoms with Crippen LogP contribution in [0.15, 0.2) is 36.4 Å².